The molecule has 0 heterocycles. The van der Waals surface area contributed by atoms with Gasteiger partial charge in [0.2, 0.25) is 0 Å². The van der Waals surface area contributed by atoms with Crippen LogP contribution in [0, 0.1) is 0 Å². The van der Waals surface area contributed by atoms with Crippen molar-refractivity contribution < 1.29 is 0 Å². The Morgan fingerprint density at radius 2 is 1.00 bits per heavy atom. The molecule has 0 bridgehead atoms. The number of rotatable bonds is 2. The minimum Gasteiger partial charge on any atom is -0.128 e. The van der Waals surface area contributed by atoms with Crippen LogP contribution in [0.2, 0.25) is 0 Å². The van der Waals surface area contributed by atoms with E-state index in [0.29, 0.717) is 0 Å². The Bertz CT molecular complexity index is 1210. The number of benzene rings is 5. The molecule has 1 heteroatoms. The summed E-state index contributed by atoms with van der Waals surface area (Å²) >= 11 is 1.84. The molecule has 5 rings (SSSR count). The van der Waals surface area contributed by atoms with Gasteiger partial charge in [0, 0.05) is 4.90 Å². The maximum atomic E-state index is 2.26. The van der Waals surface area contributed by atoms with Gasteiger partial charge < -0.3 is 0 Å². The lowest BCUT2D eigenvalue weighted by molar-refractivity contribution is 1.61. The second-order valence-electron chi connectivity index (χ2n) is 6.53. The van der Waals surface area contributed by atoms with Crippen LogP contribution in [0.3, 0.4) is 0 Å². The van der Waals surface area contributed by atoms with Gasteiger partial charge in [-0.25, -0.2) is 0 Å². The van der Waals surface area contributed by atoms with Crippen LogP contribution >= 0.6 is 11.8 Å². The topological polar surface area (TPSA) is 0 Å². The van der Waals surface area contributed by atoms with Gasteiger partial charge in [-0.1, -0.05) is 91.0 Å². The van der Waals surface area contributed by atoms with E-state index < -0.39 is 0 Å². The molecule has 0 N–H and O–H groups in total. The van der Waals surface area contributed by atoms with Crippen LogP contribution in [0.15, 0.2) is 95.9 Å². The van der Waals surface area contributed by atoms with Crippen LogP contribution in [-0.4, -0.2) is 6.26 Å². The van der Waals surface area contributed by atoms with Crippen molar-refractivity contribution in [2.45, 2.75) is 4.90 Å². The van der Waals surface area contributed by atoms with Gasteiger partial charge in [-0.2, -0.15) is 0 Å². The summed E-state index contributed by atoms with van der Waals surface area (Å²) in [6, 6.07) is 32.9. The van der Waals surface area contributed by atoms with Crippen LogP contribution in [-0.2, 0) is 0 Å². The molecule has 5 aromatic carbocycles. The lowest BCUT2D eigenvalue weighted by Crippen LogP contribution is -1.89. The Morgan fingerprint density at radius 1 is 0.500 bits per heavy atom. The van der Waals surface area contributed by atoms with Crippen molar-refractivity contribution in [1.82, 2.24) is 0 Å². The molecular formula is C25H18S. The van der Waals surface area contributed by atoms with Gasteiger partial charge in [0.25, 0.3) is 0 Å². The van der Waals surface area contributed by atoms with Crippen LogP contribution in [0.25, 0.3) is 43.4 Å². The van der Waals surface area contributed by atoms with Crippen molar-refractivity contribution in [2.75, 3.05) is 6.26 Å². The molecule has 0 aliphatic rings. The van der Waals surface area contributed by atoms with E-state index in [1.165, 1.54) is 48.3 Å². The molecule has 0 saturated heterocycles. The van der Waals surface area contributed by atoms with E-state index in [-0.39, 0.29) is 0 Å². The van der Waals surface area contributed by atoms with Crippen LogP contribution in [0.1, 0.15) is 0 Å². The summed E-state index contributed by atoms with van der Waals surface area (Å²) in [7, 11) is 0. The van der Waals surface area contributed by atoms with Crippen molar-refractivity contribution in [2.24, 2.45) is 0 Å². The molecule has 0 unspecified atom stereocenters. The molecule has 5 aromatic rings. The molecular weight excluding hydrogens is 332 g/mol. The summed E-state index contributed by atoms with van der Waals surface area (Å²) in [4.78, 5) is 1.36. The molecule has 0 saturated carbocycles. The first-order chi connectivity index (χ1) is 12.9. The first kappa shape index (κ1) is 15.5. The van der Waals surface area contributed by atoms with Crippen molar-refractivity contribution in [3.8, 4) is 11.1 Å². The second kappa shape index (κ2) is 6.19. The minimum atomic E-state index is 1.28. The fraction of sp³-hybridized carbons (Fsp3) is 0.0400. The highest BCUT2D eigenvalue weighted by Gasteiger charge is 2.15. The minimum absolute atomic E-state index is 1.28. The number of thioether (sulfide) groups is 1. The predicted octanol–water partition coefficient (Wildman–Crippen LogP) is 7.54. The zero-order chi connectivity index (χ0) is 17.5. The normalized spacial score (nSPS) is 11.4. The van der Waals surface area contributed by atoms with Gasteiger partial charge in [-0.15, -0.1) is 11.8 Å². The molecule has 0 aliphatic heterocycles. The van der Waals surface area contributed by atoms with Gasteiger partial charge in [0.1, 0.15) is 0 Å². The van der Waals surface area contributed by atoms with E-state index in [2.05, 4.69) is 97.3 Å². The molecule has 0 atom stereocenters. The largest absolute Gasteiger partial charge is 0.128 e. The maximum Gasteiger partial charge on any atom is 0.0227 e. The highest BCUT2D eigenvalue weighted by atomic mass is 32.2. The monoisotopic (exact) mass is 350 g/mol. The Hall–Kier alpha value is -2.77. The molecule has 0 spiro atoms. The third-order valence-corrected chi connectivity index (χ3v) is 5.99. The highest BCUT2D eigenvalue weighted by molar-refractivity contribution is 7.99. The standard InChI is InChI=1S/C25H18S/c1-26-25-22-14-6-4-12-20(22)24(21-13-5-7-15-23(21)25)19-16-8-10-17-9-2-3-11-18(17)19/h2-16H,1H3. The predicted molar refractivity (Wildman–Crippen MR) is 116 cm³/mol. The first-order valence-corrected chi connectivity index (χ1v) is 10.1. The lowest BCUT2D eigenvalue weighted by Gasteiger charge is -2.17. The Balaban J connectivity index is 2.05. The number of hydrogen-bond acceptors (Lipinski definition) is 1. The van der Waals surface area contributed by atoms with Crippen LogP contribution in [0.5, 0.6) is 0 Å². The fourth-order valence-corrected chi connectivity index (χ4v) is 4.84. The zero-order valence-corrected chi connectivity index (χ0v) is 15.4. The Labute approximate surface area is 157 Å². The lowest BCUT2D eigenvalue weighted by atomic mass is 9.89. The van der Waals surface area contributed by atoms with E-state index in [1.807, 2.05) is 11.8 Å². The van der Waals surface area contributed by atoms with E-state index in [0.717, 1.165) is 0 Å². The summed E-state index contributed by atoms with van der Waals surface area (Å²) in [6.45, 7) is 0. The smallest absolute Gasteiger partial charge is 0.0227 e. The third-order valence-electron chi connectivity index (χ3n) is 5.15. The number of hydrogen-bond donors (Lipinski definition) is 0. The van der Waals surface area contributed by atoms with Crippen molar-refractivity contribution in [3.63, 3.8) is 0 Å². The molecule has 0 nitrogen and oxygen atoms in total. The van der Waals surface area contributed by atoms with Gasteiger partial charge in [-0.3, -0.25) is 0 Å². The molecule has 0 fully saturated rings. The number of fused-ring (bicyclic) bond motifs is 3. The molecule has 124 valence electrons. The van der Waals surface area contributed by atoms with Gasteiger partial charge in [0.05, 0.1) is 0 Å². The SMILES string of the molecule is CSc1c2ccccc2c(-c2cccc3ccccc23)c2ccccc12. The first-order valence-electron chi connectivity index (χ1n) is 8.84. The highest BCUT2D eigenvalue weighted by Crippen LogP contribution is 2.44. The van der Waals surface area contributed by atoms with Crippen molar-refractivity contribution in [1.29, 1.82) is 0 Å². The summed E-state index contributed by atoms with van der Waals surface area (Å²) in [6.07, 6.45) is 2.17. The maximum absolute atomic E-state index is 2.26. The van der Waals surface area contributed by atoms with E-state index >= 15 is 0 Å². The van der Waals surface area contributed by atoms with Crippen molar-refractivity contribution in [3.05, 3.63) is 91.0 Å². The molecule has 26 heavy (non-hydrogen) atoms. The molecule has 0 aromatic heterocycles. The molecule has 0 aliphatic carbocycles. The average molecular weight is 350 g/mol. The van der Waals surface area contributed by atoms with E-state index in [1.54, 1.807) is 0 Å². The van der Waals surface area contributed by atoms with Gasteiger partial charge in [0.15, 0.2) is 0 Å². The quantitative estimate of drug-likeness (QED) is 0.234. The molecule has 0 radical (unpaired) electrons. The van der Waals surface area contributed by atoms with Gasteiger partial charge >= 0.3 is 0 Å². The average Bonchev–Trinajstić information content (AvgIpc) is 2.71. The van der Waals surface area contributed by atoms with E-state index in [9.17, 15) is 0 Å². The summed E-state index contributed by atoms with van der Waals surface area (Å²) in [5.41, 5.74) is 2.65. The zero-order valence-electron chi connectivity index (χ0n) is 14.6. The fourth-order valence-electron chi connectivity index (χ4n) is 4.04. The van der Waals surface area contributed by atoms with Crippen LogP contribution in [0.4, 0.5) is 0 Å². The molecule has 0 amide bonds. The third kappa shape index (κ3) is 2.24. The Kier molecular flexibility index (Phi) is 3.69. The van der Waals surface area contributed by atoms with Crippen LogP contribution < -0.4 is 0 Å². The van der Waals surface area contributed by atoms with Gasteiger partial charge in [-0.05, 0) is 49.7 Å². The van der Waals surface area contributed by atoms with E-state index in [4.69, 9.17) is 0 Å². The summed E-state index contributed by atoms with van der Waals surface area (Å²) < 4.78 is 0. The summed E-state index contributed by atoms with van der Waals surface area (Å²) in [5.74, 6) is 0. The second-order valence-corrected chi connectivity index (χ2v) is 7.34. The Morgan fingerprint density at radius 3 is 1.62 bits per heavy atom. The van der Waals surface area contributed by atoms with Crippen molar-refractivity contribution >= 4 is 44.1 Å². The summed E-state index contributed by atoms with van der Waals surface area (Å²) in [5, 5.41) is 7.91.